The molecular formula is C19H29N3O3. The van der Waals surface area contributed by atoms with E-state index in [-0.39, 0.29) is 11.8 Å². The normalized spacial score (nSPS) is 26.1. The van der Waals surface area contributed by atoms with Gasteiger partial charge in [0.15, 0.2) is 0 Å². The van der Waals surface area contributed by atoms with Crippen molar-refractivity contribution in [3.63, 3.8) is 0 Å². The van der Waals surface area contributed by atoms with E-state index in [9.17, 15) is 14.9 Å². The Morgan fingerprint density at radius 3 is 2.52 bits per heavy atom. The van der Waals surface area contributed by atoms with Gasteiger partial charge in [0.25, 0.3) is 0 Å². The molecule has 25 heavy (non-hydrogen) atoms. The maximum Gasteiger partial charge on any atom is 0.408 e. The first-order valence-electron chi connectivity index (χ1n) is 8.95. The number of carbonyl (C=O) groups is 2. The van der Waals surface area contributed by atoms with Gasteiger partial charge < -0.3 is 15.0 Å². The van der Waals surface area contributed by atoms with E-state index in [1.165, 1.54) is 0 Å². The number of hydrogen-bond donors (Lipinski definition) is 1. The van der Waals surface area contributed by atoms with Crippen molar-refractivity contribution in [1.82, 2.24) is 10.2 Å². The number of amides is 2. The van der Waals surface area contributed by atoms with E-state index in [1.807, 2.05) is 6.92 Å². The third-order valence-corrected chi connectivity index (χ3v) is 5.12. The quantitative estimate of drug-likeness (QED) is 0.793. The van der Waals surface area contributed by atoms with E-state index in [4.69, 9.17) is 4.74 Å². The first-order valence-corrected chi connectivity index (χ1v) is 8.95. The fourth-order valence-electron chi connectivity index (χ4n) is 3.65. The topological polar surface area (TPSA) is 82.4 Å². The van der Waals surface area contributed by atoms with Gasteiger partial charge in [0.1, 0.15) is 17.7 Å². The summed E-state index contributed by atoms with van der Waals surface area (Å²) < 4.78 is 5.34. The fraction of sp³-hybridized carbons (Fsp3) is 0.737. The zero-order chi connectivity index (χ0) is 18.8. The van der Waals surface area contributed by atoms with Crippen LogP contribution in [0.2, 0.25) is 0 Å². The van der Waals surface area contributed by atoms with Gasteiger partial charge in [-0.05, 0) is 46.0 Å². The van der Waals surface area contributed by atoms with E-state index in [0.717, 1.165) is 19.3 Å². The van der Waals surface area contributed by atoms with Crippen LogP contribution in [0.4, 0.5) is 4.79 Å². The van der Waals surface area contributed by atoms with Gasteiger partial charge in [-0.15, -0.1) is 6.58 Å². The average Bonchev–Trinajstić information content (AvgIpc) is 2.84. The number of ether oxygens (including phenoxy) is 1. The third kappa shape index (κ3) is 4.15. The van der Waals surface area contributed by atoms with Crippen molar-refractivity contribution in [2.45, 2.75) is 71.1 Å². The molecule has 0 bridgehead atoms. The van der Waals surface area contributed by atoms with Gasteiger partial charge >= 0.3 is 6.09 Å². The Morgan fingerprint density at radius 1 is 1.44 bits per heavy atom. The highest BCUT2D eigenvalue weighted by Crippen LogP contribution is 2.46. The van der Waals surface area contributed by atoms with Crippen molar-refractivity contribution < 1.29 is 14.3 Å². The summed E-state index contributed by atoms with van der Waals surface area (Å²) in [5.74, 6) is 0.0678. The molecule has 2 aliphatic rings. The first kappa shape index (κ1) is 19.3. The number of nitrogens with one attached hydrogen (secondary N) is 1. The van der Waals surface area contributed by atoms with Crippen LogP contribution in [0.25, 0.3) is 0 Å². The van der Waals surface area contributed by atoms with Crippen LogP contribution < -0.4 is 5.32 Å². The number of alkyl carbamates (subject to hydrolysis) is 1. The number of hydrogen-bond acceptors (Lipinski definition) is 4. The number of nitriles is 1. The minimum absolute atomic E-state index is 0.207. The van der Waals surface area contributed by atoms with Gasteiger partial charge in [-0.2, -0.15) is 5.26 Å². The zero-order valence-electron chi connectivity index (χ0n) is 15.7. The predicted molar refractivity (Wildman–Crippen MR) is 94.5 cm³/mol. The molecular weight excluding hydrogens is 318 g/mol. The Labute approximate surface area is 150 Å². The summed E-state index contributed by atoms with van der Waals surface area (Å²) in [6.07, 6.45) is 4.41. The van der Waals surface area contributed by atoms with Crippen LogP contribution in [0.1, 0.15) is 53.4 Å². The van der Waals surface area contributed by atoms with E-state index >= 15 is 0 Å². The standard InChI is InChI=1S/C19H29N3O3/c1-6-19(8-7-9-19)15(21-17(24)25-18(3,4)5)16(23)22-12-13(2)10-14(22)11-20/h6,13-15H,1,7-10,12H2,2-5H3,(H,21,24). The fourth-order valence-corrected chi connectivity index (χ4v) is 3.65. The third-order valence-electron chi connectivity index (χ3n) is 5.12. The Morgan fingerprint density at radius 2 is 2.08 bits per heavy atom. The van der Waals surface area contributed by atoms with Crippen LogP contribution >= 0.6 is 0 Å². The smallest absolute Gasteiger partial charge is 0.408 e. The molecule has 0 aromatic heterocycles. The molecule has 6 nitrogen and oxygen atoms in total. The molecule has 0 aromatic carbocycles. The van der Waals surface area contributed by atoms with Gasteiger partial charge in [-0.25, -0.2) is 4.79 Å². The summed E-state index contributed by atoms with van der Waals surface area (Å²) in [6, 6.07) is 1.03. The summed E-state index contributed by atoms with van der Waals surface area (Å²) in [5.41, 5.74) is -1.10. The van der Waals surface area contributed by atoms with Gasteiger partial charge in [0.05, 0.1) is 6.07 Å². The molecule has 2 fully saturated rings. The average molecular weight is 347 g/mol. The highest BCUT2D eigenvalue weighted by Gasteiger charge is 2.49. The van der Waals surface area contributed by atoms with Crippen LogP contribution in [0.15, 0.2) is 12.7 Å². The summed E-state index contributed by atoms with van der Waals surface area (Å²) in [7, 11) is 0. The maximum atomic E-state index is 13.2. The molecule has 0 radical (unpaired) electrons. The van der Waals surface area contributed by atoms with E-state index in [0.29, 0.717) is 13.0 Å². The summed E-state index contributed by atoms with van der Waals surface area (Å²) in [6.45, 7) is 11.8. The van der Waals surface area contributed by atoms with Crippen molar-refractivity contribution in [3.05, 3.63) is 12.7 Å². The zero-order valence-corrected chi connectivity index (χ0v) is 15.7. The van der Waals surface area contributed by atoms with Crippen molar-refractivity contribution in [2.75, 3.05) is 6.54 Å². The molecule has 1 heterocycles. The van der Waals surface area contributed by atoms with Crippen LogP contribution in [0.5, 0.6) is 0 Å². The minimum Gasteiger partial charge on any atom is -0.444 e. The van der Waals surface area contributed by atoms with Gasteiger partial charge in [-0.1, -0.05) is 19.4 Å². The second kappa shape index (κ2) is 7.07. The number of likely N-dealkylation sites (tertiary alicyclic amines) is 1. The molecule has 6 heteroatoms. The molecule has 138 valence electrons. The second-order valence-electron chi connectivity index (χ2n) is 8.35. The van der Waals surface area contributed by atoms with Crippen LogP contribution in [-0.2, 0) is 9.53 Å². The first-order chi connectivity index (χ1) is 11.6. The molecule has 1 aliphatic carbocycles. The Bertz CT molecular complexity index is 584. The summed E-state index contributed by atoms with van der Waals surface area (Å²) in [5, 5.41) is 12.1. The largest absolute Gasteiger partial charge is 0.444 e. The molecule has 3 unspecified atom stereocenters. The Balaban J connectivity index is 2.23. The van der Waals surface area contributed by atoms with Crippen molar-refractivity contribution in [1.29, 1.82) is 5.26 Å². The number of nitrogens with zero attached hydrogens (tertiary/aromatic N) is 2. The highest BCUT2D eigenvalue weighted by molar-refractivity contribution is 5.88. The van der Waals surface area contributed by atoms with Gasteiger partial charge in [0.2, 0.25) is 5.91 Å². The molecule has 0 spiro atoms. The lowest BCUT2D eigenvalue weighted by Crippen LogP contribution is -2.60. The maximum absolute atomic E-state index is 13.2. The lowest BCUT2D eigenvalue weighted by atomic mass is 9.63. The molecule has 0 aromatic rings. The van der Waals surface area contributed by atoms with E-state index in [1.54, 1.807) is 31.7 Å². The molecule has 1 saturated carbocycles. The Hall–Kier alpha value is -2.03. The molecule has 2 rings (SSSR count). The van der Waals surface area contributed by atoms with Crippen molar-refractivity contribution in [2.24, 2.45) is 11.3 Å². The molecule has 1 aliphatic heterocycles. The molecule has 1 saturated heterocycles. The lowest BCUT2D eigenvalue weighted by Gasteiger charge is -2.46. The Kier molecular flexibility index (Phi) is 5.46. The monoisotopic (exact) mass is 347 g/mol. The minimum atomic E-state index is -0.741. The van der Waals surface area contributed by atoms with Crippen LogP contribution in [-0.4, -0.2) is 41.1 Å². The van der Waals surface area contributed by atoms with E-state index in [2.05, 4.69) is 18.0 Å². The lowest BCUT2D eigenvalue weighted by molar-refractivity contribution is -0.137. The predicted octanol–water partition coefficient (Wildman–Crippen LogP) is 3.00. The van der Waals surface area contributed by atoms with Crippen LogP contribution in [0.3, 0.4) is 0 Å². The SMILES string of the molecule is C=CC1(C(NC(=O)OC(C)(C)C)C(=O)N2CC(C)CC2C#N)CCC1. The van der Waals surface area contributed by atoms with Crippen molar-refractivity contribution >= 4 is 12.0 Å². The highest BCUT2D eigenvalue weighted by atomic mass is 16.6. The van der Waals surface area contributed by atoms with Gasteiger partial charge in [0, 0.05) is 12.0 Å². The second-order valence-corrected chi connectivity index (χ2v) is 8.35. The molecule has 3 atom stereocenters. The van der Waals surface area contributed by atoms with Crippen molar-refractivity contribution in [3.8, 4) is 6.07 Å². The molecule has 2 amide bonds. The van der Waals surface area contributed by atoms with Gasteiger partial charge in [-0.3, -0.25) is 4.79 Å². The number of carbonyl (C=O) groups excluding carboxylic acids is 2. The summed E-state index contributed by atoms with van der Waals surface area (Å²) in [4.78, 5) is 27.1. The van der Waals surface area contributed by atoms with Crippen LogP contribution in [0, 0.1) is 22.7 Å². The molecule has 1 N–H and O–H groups in total. The van der Waals surface area contributed by atoms with E-state index < -0.39 is 29.2 Å². The summed E-state index contributed by atoms with van der Waals surface area (Å²) >= 11 is 0. The number of rotatable bonds is 4.